The SMILES string of the molecule is O=C(NCc1cccc(N2CCOCC2)n1)N1C[C@@H]2C3C=CC(C3)[C@@H]2C1. The predicted molar refractivity (Wildman–Crippen MR) is 98.8 cm³/mol. The summed E-state index contributed by atoms with van der Waals surface area (Å²) in [7, 11) is 0. The Bertz CT molecular complexity index is 696. The van der Waals surface area contributed by atoms with Gasteiger partial charge >= 0.3 is 6.03 Å². The van der Waals surface area contributed by atoms with Crippen LogP contribution in [-0.2, 0) is 11.3 Å². The Kier molecular flexibility index (Phi) is 4.08. The van der Waals surface area contributed by atoms with Gasteiger partial charge < -0.3 is 19.9 Å². The number of rotatable bonds is 3. The highest BCUT2D eigenvalue weighted by Crippen LogP contribution is 2.51. The molecule has 2 bridgehead atoms. The molecule has 6 heteroatoms. The lowest BCUT2D eigenvalue weighted by atomic mass is 9.86. The third-order valence-electron chi connectivity index (χ3n) is 6.50. The van der Waals surface area contributed by atoms with Gasteiger partial charge in [-0.25, -0.2) is 9.78 Å². The summed E-state index contributed by atoms with van der Waals surface area (Å²) in [6.07, 6.45) is 6.05. The summed E-state index contributed by atoms with van der Waals surface area (Å²) in [6, 6.07) is 6.08. The highest BCUT2D eigenvalue weighted by Gasteiger charge is 2.50. The number of urea groups is 1. The number of hydrogen-bond acceptors (Lipinski definition) is 4. The molecule has 26 heavy (non-hydrogen) atoms. The normalized spacial score (nSPS) is 32.2. The van der Waals surface area contributed by atoms with Crippen LogP contribution in [0.25, 0.3) is 0 Å². The highest BCUT2D eigenvalue weighted by atomic mass is 16.5. The van der Waals surface area contributed by atoms with Gasteiger partial charge in [-0.3, -0.25) is 0 Å². The maximum absolute atomic E-state index is 12.6. The lowest BCUT2D eigenvalue weighted by molar-refractivity contribution is 0.122. The zero-order chi connectivity index (χ0) is 17.5. The summed E-state index contributed by atoms with van der Waals surface area (Å²) in [5.41, 5.74) is 0.906. The van der Waals surface area contributed by atoms with E-state index in [2.05, 4.69) is 22.4 Å². The first-order valence-electron chi connectivity index (χ1n) is 9.77. The number of aromatic nitrogens is 1. The van der Waals surface area contributed by atoms with Crippen LogP contribution < -0.4 is 10.2 Å². The Labute approximate surface area is 154 Å². The molecule has 1 aromatic heterocycles. The first kappa shape index (κ1) is 16.1. The van der Waals surface area contributed by atoms with E-state index in [-0.39, 0.29) is 6.03 Å². The highest BCUT2D eigenvalue weighted by molar-refractivity contribution is 5.74. The summed E-state index contributed by atoms with van der Waals surface area (Å²) in [4.78, 5) is 21.6. The number of hydrogen-bond donors (Lipinski definition) is 1. The predicted octanol–water partition coefficient (Wildman–Crippen LogP) is 1.88. The molecule has 1 saturated carbocycles. The molecule has 3 fully saturated rings. The van der Waals surface area contributed by atoms with Crippen LogP contribution in [0.2, 0.25) is 0 Å². The van der Waals surface area contributed by atoms with Crippen LogP contribution in [0.1, 0.15) is 12.1 Å². The van der Waals surface area contributed by atoms with Crippen LogP contribution in [0, 0.1) is 23.7 Å². The Morgan fingerprint density at radius 3 is 2.62 bits per heavy atom. The Morgan fingerprint density at radius 2 is 1.88 bits per heavy atom. The van der Waals surface area contributed by atoms with Crippen molar-refractivity contribution in [3.63, 3.8) is 0 Å². The minimum absolute atomic E-state index is 0.0531. The molecule has 0 spiro atoms. The third kappa shape index (κ3) is 2.86. The second kappa shape index (κ2) is 6.58. The number of allylic oxidation sites excluding steroid dienone is 2. The summed E-state index contributed by atoms with van der Waals surface area (Å²) >= 11 is 0. The molecule has 0 radical (unpaired) electrons. The molecular formula is C20H26N4O2. The van der Waals surface area contributed by atoms with E-state index in [1.165, 1.54) is 6.42 Å². The van der Waals surface area contributed by atoms with E-state index in [0.717, 1.165) is 50.9 Å². The number of carbonyl (C=O) groups excluding carboxylic acids is 1. The van der Waals surface area contributed by atoms with Crippen molar-refractivity contribution in [1.82, 2.24) is 15.2 Å². The van der Waals surface area contributed by atoms with Crippen molar-refractivity contribution < 1.29 is 9.53 Å². The first-order valence-corrected chi connectivity index (χ1v) is 9.77. The van der Waals surface area contributed by atoms with Gasteiger partial charge in [0, 0.05) is 26.2 Å². The van der Waals surface area contributed by atoms with E-state index >= 15 is 0 Å². The van der Waals surface area contributed by atoms with Crippen molar-refractivity contribution in [2.75, 3.05) is 44.3 Å². The molecule has 2 saturated heterocycles. The summed E-state index contributed by atoms with van der Waals surface area (Å²) < 4.78 is 5.40. The Hall–Kier alpha value is -2.08. The van der Waals surface area contributed by atoms with E-state index in [1.807, 2.05) is 23.1 Å². The number of nitrogens with one attached hydrogen (secondary N) is 1. The van der Waals surface area contributed by atoms with Crippen LogP contribution in [0.5, 0.6) is 0 Å². The average molecular weight is 354 g/mol. The van der Waals surface area contributed by atoms with Crippen LogP contribution in [0.3, 0.4) is 0 Å². The van der Waals surface area contributed by atoms with Crippen LogP contribution in [-0.4, -0.2) is 55.3 Å². The van der Waals surface area contributed by atoms with Crippen LogP contribution >= 0.6 is 0 Å². The van der Waals surface area contributed by atoms with Gasteiger partial charge in [-0.15, -0.1) is 0 Å². The smallest absolute Gasteiger partial charge is 0.317 e. The molecule has 2 aliphatic heterocycles. The number of carbonyl (C=O) groups is 1. The van der Waals surface area contributed by atoms with Crippen molar-refractivity contribution in [1.29, 1.82) is 0 Å². The second-order valence-corrected chi connectivity index (χ2v) is 7.93. The van der Waals surface area contributed by atoms with Crippen molar-refractivity contribution in [3.05, 3.63) is 36.0 Å². The molecular weight excluding hydrogens is 328 g/mol. The molecule has 4 aliphatic rings. The molecule has 0 aromatic carbocycles. The fraction of sp³-hybridized carbons (Fsp3) is 0.600. The molecule has 2 aliphatic carbocycles. The molecule has 3 heterocycles. The van der Waals surface area contributed by atoms with Crippen LogP contribution in [0.15, 0.2) is 30.4 Å². The largest absolute Gasteiger partial charge is 0.378 e. The fourth-order valence-electron chi connectivity index (χ4n) is 5.13. The van der Waals surface area contributed by atoms with Crippen molar-refractivity contribution >= 4 is 11.8 Å². The maximum atomic E-state index is 12.6. The van der Waals surface area contributed by atoms with Crippen molar-refractivity contribution in [2.45, 2.75) is 13.0 Å². The minimum Gasteiger partial charge on any atom is -0.378 e. The average Bonchev–Trinajstić information content (AvgIpc) is 3.40. The zero-order valence-corrected chi connectivity index (χ0v) is 15.0. The molecule has 6 nitrogen and oxygen atoms in total. The lowest BCUT2D eigenvalue weighted by Gasteiger charge is -2.28. The van der Waals surface area contributed by atoms with E-state index < -0.39 is 0 Å². The maximum Gasteiger partial charge on any atom is 0.317 e. The number of amides is 2. The third-order valence-corrected chi connectivity index (χ3v) is 6.50. The van der Waals surface area contributed by atoms with Gasteiger partial charge in [0.25, 0.3) is 0 Å². The van der Waals surface area contributed by atoms with Gasteiger partial charge in [0.15, 0.2) is 0 Å². The second-order valence-electron chi connectivity index (χ2n) is 7.93. The first-order chi connectivity index (χ1) is 12.8. The number of fused-ring (bicyclic) bond motifs is 5. The molecule has 138 valence electrons. The molecule has 2 amide bonds. The van der Waals surface area contributed by atoms with Gasteiger partial charge in [-0.1, -0.05) is 18.2 Å². The van der Waals surface area contributed by atoms with Crippen molar-refractivity contribution in [3.8, 4) is 0 Å². The lowest BCUT2D eigenvalue weighted by Crippen LogP contribution is -2.39. The van der Waals surface area contributed by atoms with E-state index in [1.54, 1.807) is 0 Å². The standard InChI is InChI=1S/C20H26N4O2/c25-20(24-12-17-14-4-5-15(10-14)18(17)13-24)21-11-16-2-1-3-19(22-16)23-6-8-26-9-7-23/h1-5,14-15,17-18H,6-13H2,(H,21,25)/t14?,15?,17-,18+. The number of likely N-dealkylation sites (tertiary alicyclic amines) is 1. The molecule has 1 N–H and O–H groups in total. The minimum atomic E-state index is 0.0531. The number of ether oxygens (including phenoxy) is 1. The molecule has 2 unspecified atom stereocenters. The van der Waals surface area contributed by atoms with E-state index in [4.69, 9.17) is 9.72 Å². The summed E-state index contributed by atoms with van der Waals surface area (Å²) in [5.74, 6) is 3.74. The molecule has 1 aromatic rings. The zero-order valence-electron chi connectivity index (χ0n) is 15.0. The van der Waals surface area contributed by atoms with E-state index in [9.17, 15) is 4.79 Å². The number of anilines is 1. The van der Waals surface area contributed by atoms with Crippen LogP contribution in [0.4, 0.5) is 10.6 Å². The number of morpholine rings is 1. The quantitative estimate of drug-likeness (QED) is 0.842. The Balaban J connectivity index is 1.17. The Morgan fingerprint density at radius 1 is 1.15 bits per heavy atom. The van der Waals surface area contributed by atoms with Gasteiger partial charge in [0.2, 0.25) is 0 Å². The van der Waals surface area contributed by atoms with Gasteiger partial charge in [0.1, 0.15) is 5.82 Å². The fourth-order valence-corrected chi connectivity index (χ4v) is 5.13. The molecule has 4 atom stereocenters. The monoisotopic (exact) mass is 354 g/mol. The summed E-state index contributed by atoms with van der Waals surface area (Å²) in [6.45, 7) is 5.53. The summed E-state index contributed by atoms with van der Waals surface area (Å²) in [5, 5.41) is 3.07. The molecule has 5 rings (SSSR count). The topological polar surface area (TPSA) is 57.7 Å². The van der Waals surface area contributed by atoms with Gasteiger partial charge in [-0.2, -0.15) is 0 Å². The number of pyridine rings is 1. The van der Waals surface area contributed by atoms with Gasteiger partial charge in [0.05, 0.1) is 25.5 Å². The van der Waals surface area contributed by atoms with E-state index in [0.29, 0.717) is 30.2 Å². The van der Waals surface area contributed by atoms with Gasteiger partial charge in [-0.05, 0) is 42.2 Å². The number of nitrogens with zero attached hydrogens (tertiary/aromatic N) is 3. The van der Waals surface area contributed by atoms with Crippen molar-refractivity contribution in [2.24, 2.45) is 23.7 Å².